The number of aromatic amines is 1. The van der Waals surface area contributed by atoms with E-state index in [0.717, 1.165) is 43.6 Å². The van der Waals surface area contributed by atoms with Crippen LogP contribution in [0.5, 0.6) is 11.5 Å². The lowest BCUT2D eigenvalue weighted by Gasteiger charge is -2.39. The number of hydrogen-bond donors (Lipinski definition) is 5. The molecule has 8 rings (SSSR count). The van der Waals surface area contributed by atoms with Crippen molar-refractivity contribution in [3.8, 4) is 11.5 Å². The van der Waals surface area contributed by atoms with Gasteiger partial charge in [0, 0.05) is 49.7 Å². The average Bonchev–Trinajstić information content (AvgIpc) is 3.30. The molecule has 0 bridgehead atoms. The molecule has 2 aliphatic rings. The number of fused-ring (bicyclic) bond motifs is 1. The van der Waals surface area contributed by atoms with Crippen LogP contribution in [0.25, 0.3) is 10.9 Å². The van der Waals surface area contributed by atoms with E-state index in [2.05, 4.69) is 44.8 Å². The first-order chi connectivity index (χ1) is 31.2. The van der Waals surface area contributed by atoms with E-state index in [-0.39, 0.29) is 53.8 Å². The second kappa shape index (κ2) is 20.6. The lowest BCUT2D eigenvalue weighted by atomic mass is 9.91. The van der Waals surface area contributed by atoms with Crippen LogP contribution in [-0.4, -0.2) is 94.8 Å². The van der Waals surface area contributed by atoms with Gasteiger partial charge in [0.25, 0.3) is 11.8 Å². The normalized spacial score (nSPS) is 15.5. The maximum Gasteiger partial charge on any atom is 0.317 e. The Hall–Kier alpha value is -6.80. The number of hydrogen-bond acceptors (Lipinski definition) is 10. The molecule has 13 heteroatoms. The SMILES string of the molecule is O=C(NC1CN(C(=O)COc2cccc(C(C(=O)OCC3CCN(Cc4ccccc4)CC3)c3ccccc3)c2)C1)c1ccc(CNC[C@H](O)c2ccc(O)c3[nH]c(=O)ccc23)cc1. The minimum atomic E-state index is -0.893. The summed E-state index contributed by atoms with van der Waals surface area (Å²) in [4.78, 5) is 58.3. The largest absolute Gasteiger partial charge is 0.506 e. The van der Waals surface area contributed by atoms with Crippen LogP contribution >= 0.6 is 0 Å². The number of aliphatic hydroxyl groups excluding tert-OH is 1. The van der Waals surface area contributed by atoms with Crippen LogP contribution in [-0.2, 0) is 27.4 Å². The van der Waals surface area contributed by atoms with Gasteiger partial charge in [0.2, 0.25) is 5.56 Å². The first kappa shape index (κ1) is 43.8. The zero-order valence-corrected chi connectivity index (χ0v) is 35.5. The maximum atomic E-state index is 13.8. The molecule has 13 nitrogen and oxygen atoms in total. The highest BCUT2D eigenvalue weighted by molar-refractivity contribution is 5.94. The molecule has 2 atom stereocenters. The third kappa shape index (κ3) is 11.0. The molecule has 1 unspecified atom stereocenters. The van der Waals surface area contributed by atoms with Crippen molar-refractivity contribution >= 4 is 28.7 Å². The van der Waals surface area contributed by atoms with Crippen molar-refractivity contribution in [1.29, 1.82) is 0 Å². The summed E-state index contributed by atoms with van der Waals surface area (Å²) in [6.07, 6.45) is 1.04. The van der Waals surface area contributed by atoms with Gasteiger partial charge in [0.1, 0.15) is 17.4 Å². The van der Waals surface area contributed by atoms with Crippen molar-refractivity contribution in [2.24, 2.45) is 5.92 Å². The topological polar surface area (TPSA) is 174 Å². The molecule has 3 heterocycles. The molecule has 0 aliphatic carbocycles. The number of likely N-dealkylation sites (tertiary alicyclic amines) is 2. The van der Waals surface area contributed by atoms with Crippen LogP contribution in [0.2, 0.25) is 0 Å². The quantitative estimate of drug-likeness (QED) is 0.0721. The molecule has 5 aromatic carbocycles. The molecule has 2 aliphatic heterocycles. The van der Waals surface area contributed by atoms with E-state index < -0.39 is 12.0 Å². The Morgan fingerprint density at radius 2 is 1.52 bits per heavy atom. The van der Waals surface area contributed by atoms with Crippen LogP contribution in [0.15, 0.2) is 138 Å². The number of carbonyl (C=O) groups is 3. The van der Waals surface area contributed by atoms with E-state index in [0.29, 0.717) is 60.0 Å². The van der Waals surface area contributed by atoms with Crippen LogP contribution in [0.4, 0.5) is 0 Å². The summed E-state index contributed by atoms with van der Waals surface area (Å²) in [5.74, 6) is -0.723. The van der Waals surface area contributed by atoms with E-state index in [1.807, 2.05) is 60.7 Å². The number of phenols is 1. The zero-order valence-electron chi connectivity index (χ0n) is 35.5. The van der Waals surface area contributed by atoms with Crippen LogP contribution in [0.1, 0.15) is 63.0 Å². The van der Waals surface area contributed by atoms with E-state index in [1.54, 1.807) is 41.3 Å². The number of aromatic hydroxyl groups is 1. The van der Waals surface area contributed by atoms with E-state index in [4.69, 9.17) is 9.47 Å². The fourth-order valence-electron chi connectivity index (χ4n) is 8.40. The molecule has 5 N–H and O–H groups in total. The van der Waals surface area contributed by atoms with Gasteiger partial charge in [-0.25, -0.2) is 0 Å². The molecule has 330 valence electrons. The van der Waals surface area contributed by atoms with E-state index >= 15 is 0 Å². The maximum absolute atomic E-state index is 13.8. The summed E-state index contributed by atoms with van der Waals surface area (Å²) in [7, 11) is 0. The first-order valence-corrected chi connectivity index (χ1v) is 21.8. The second-order valence-electron chi connectivity index (χ2n) is 16.6. The number of nitrogens with one attached hydrogen (secondary N) is 3. The number of amides is 2. The average molecular weight is 864 g/mol. The molecule has 2 amide bonds. The monoisotopic (exact) mass is 863 g/mol. The predicted octanol–water partition coefficient (Wildman–Crippen LogP) is 5.66. The minimum Gasteiger partial charge on any atom is -0.506 e. The van der Waals surface area contributed by atoms with Crippen molar-refractivity contribution < 1.29 is 34.1 Å². The summed E-state index contributed by atoms with van der Waals surface area (Å²) < 4.78 is 12.0. The fraction of sp³-hybridized carbons (Fsp3) is 0.294. The molecular weight excluding hydrogens is 811 g/mol. The molecule has 2 saturated heterocycles. The van der Waals surface area contributed by atoms with Gasteiger partial charge in [0.15, 0.2) is 6.61 Å². The highest BCUT2D eigenvalue weighted by Crippen LogP contribution is 2.31. The van der Waals surface area contributed by atoms with Crippen LogP contribution in [0, 0.1) is 5.92 Å². The van der Waals surface area contributed by atoms with Gasteiger partial charge in [0.05, 0.1) is 24.3 Å². The van der Waals surface area contributed by atoms with E-state index in [1.165, 1.54) is 17.7 Å². The lowest BCUT2D eigenvalue weighted by molar-refractivity contribution is -0.146. The van der Waals surface area contributed by atoms with Crippen molar-refractivity contribution in [2.45, 2.75) is 44.0 Å². The number of phenolic OH excluding ortho intramolecular Hbond substituents is 1. The summed E-state index contributed by atoms with van der Waals surface area (Å²) in [6, 6.07) is 40.2. The number of pyridine rings is 1. The zero-order chi connectivity index (χ0) is 44.4. The first-order valence-electron chi connectivity index (χ1n) is 21.8. The van der Waals surface area contributed by atoms with Gasteiger partial charge in [-0.1, -0.05) is 91.0 Å². The molecule has 1 aromatic heterocycles. The van der Waals surface area contributed by atoms with Gasteiger partial charge in [-0.15, -0.1) is 0 Å². The minimum absolute atomic E-state index is 0.0699. The molecule has 0 radical (unpaired) electrons. The Kier molecular flexibility index (Phi) is 14.1. The van der Waals surface area contributed by atoms with Gasteiger partial charge < -0.3 is 40.2 Å². The molecule has 2 fully saturated rings. The van der Waals surface area contributed by atoms with Gasteiger partial charge in [-0.2, -0.15) is 0 Å². The smallest absolute Gasteiger partial charge is 0.317 e. The number of esters is 1. The number of H-pyrrole nitrogens is 1. The van der Waals surface area contributed by atoms with Gasteiger partial charge in [-0.3, -0.25) is 24.1 Å². The summed E-state index contributed by atoms with van der Waals surface area (Å²) in [5, 5.41) is 27.7. The standard InChI is InChI=1S/C51H53N5O8/c57-44-20-18-42(43-19-21-46(59)54-49(43)44)45(58)28-52-27-34-14-16-38(17-15-34)50(61)53-40-30-56(31-40)47(60)33-63-41-13-7-12-39(26-41)48(37-10-5-2-6-11-37)51(62)64-32-36-22-24-55(25-23-36)29-35-8-3-1-4-9-35/h1-21,26,36,40,45,48,52,57-58H,22-25,27-33H2,(H,53,61)(H,54,59)/t45-,48?/m0/s1. The van der Waals surface area contributed by atoms with Gasteiger partial charge >= 0.3 is 5.97 Å². The lowest BCUT2D eigenvalue weighted by Crippen LogP contribution is -2.61. The number of aliphatic hydroxyl groups is 1. The number of ether oxygens (including phenoxy) is 2. The Balaban J connectivity index is 0.767. The van der Waals surface area contributed by atoms with Crippen LogP contribution < -0.4 is 20.9 Å². The van der Waals surface area contributed by atoms with Gasteiger partial charge in [-0.05, 0) is 96.1 Å². The Morgan fingerprint density at radius 1 is 0.797 bits per heavy atom. The predicted molar refractivity (Wildman–Crippen MR) is 243 cm³/mol. The Labute approximate surface area is 371 Å². The Bertz CT molecular complexity index is 2590. The second-order valence-corrected chi connectivity index (χ2v) is 16.6. The van der Waals surface area contributed by atoms with Crippen molar-refractivity contribution in [2.75, 3.05) is 45.9 Å². The highest BCUT2D eigenvalue weighted by Gasteiger charge is 2.32. The van der Waals surface area contributed by atoms with Crippen molar-refractivity contribution in [3.63, 3.8) is 0 Å². The number of benzene rings is 5. The molecule has 64 heavy (non-hydrogen) atoms. The fourth-order valence-corrected chi connectivity index (χ4v) is 8.40. The highest BCUT2D eigenvalue weighted by atomic mass is 16.5. The third-order valence-corrected chi connectivity index (χ3v) is 12.1. The molecule has 0 saturated carbocycles. The number of nitrogens with zero attached hydrogens (tertiary/aromatic N) is 2. The molecular formula is C51H53N5O8. The number of aromatic nitrogens is 1. The number of carbonyl (C=O) groups excluding carboxylic acids is 3. The number of piperidine rings is 1. The number of rotatable bonds is 17. The molecule has 0 spiro atoms. The third-order valence-electron chi connectivity index (χ3n) is 12.1. The van der Waals surface area contributed by atoms with Crippen molar-refractivity contribution in [3.05, 3.63) is 177 Å². The Morgan fingerprint density at radius 3 is 2.27 bits per heavy atom. The summed E-state index contributed by atoms with van der Waals surface area (Å²) >= 11 is 0. The summed E-state index contributed by atoms with van der Waals surface area (Å²) in [6.45, 7) is 4.41. The van der Waals surface area contributed by atoms with Crippen LogP contribution in [0.3, 0.4) is 0 Å². The molecule has 6 aromatic rings. The summed E-state index contributed by atoms with van der Waals surface area (Å²) in [5.41, 5.74) is 4.73. The van der Waals surface area contributed by atoms with Crippen molar-refractivity contribution in [1.82, 2.24) is 25.4 Å². The van der Waals surface area contributed by atoms with E-state index in [9.17, 15) is 29.4 Å².